The van der Waals surface area contributed by atoms with Crippen LogP contribution in [0.2, 0.25) is 0 Å². The predicted octanol–water partition coefficient (Wildman–Crippen LogP) is 2.91. The Morgan fingerprint density at radius 2 is 1.95 bits per heavy atom. The zero-order valence-corrected chi connectivity index (χ0v) is 12.9. The van der Waals surface area contributed by atoms with Gasteiger partial charge in [0.25, 0.3) is 0 Å². The first-order valence-corrected chi connectivity index (χ1v) is 6.73. The molecule has 0 spiro atoms. The van der Waals surface area contributed by atoms with Crippen molar-refractivity contribution in [3.63, 3.8) is 0 Å². The number of rotatable bonds is 5. The average molecular weight is 287 g/mol. The molecule has 1 heterocycles. The first-order chi connectivity index (χ1) is 10.1. The Morgan fingerprint density at radius 1 is 1.19 bits per heavy atom. The maximum atomic E-state index is 5.99. The third-order valence-electron chi connectivity index (χ3n) is 3.45. The van der Waals surface area contributed by atoms with Crippen LogP contribution in [0.5, 0.6) is 11.5 Å². The Kier molecular flexibility index (Phi) is 4.52. The minimum atomic E-state index is 0.582. The molecule has 2 aromatic rings. The van der Waals surface area contributed by atoms with Crippen LogP contribution in [0, 0.1) is 13.8 Å². The lowest BCUT2D eigenvalue weighted by atomic mass is 10.1. The minimum Gasteiger partial charge on any atom is -0.497 e. The van der Waals surface area contributed by atoms with Gasteiger partial charge in [0, 0.05) is 23.4 Å². The van der Waals surface area contributed by atoms with Gasteiger partial charge in [-0.2, -0.15) is 0 Å². The van der Waals surface area contributed by atoms with Gasteiger partial charge >= 0.3 is 0 Å². The van der Waals surface area contributed by atoms with E-state index in [4.69, 9.17) is 15.2 Å². The van der Waals surface area contributed by atoms with Crippen molar-refractivity contribution in [3.8, 4) is 11.5 Å². The molecule has 5 nitrogen and oxygen atoms in total. The number of hydrogen-bond acceptors (Lipinski definition) is 5. The van der Waals surface area contributed by atoms with Gasteiger partial charge in [-0.1, -0.05) is 0 Å². The summed E-state index contributed by atoms with van der Waals surface area (Å²) in [5.74, 6) is 1.62. The van der Waals surface area contributed by atoms with Gasteiger partial charge in [-0.05, 0) is 26.0 Å². The van der Waals surface area contributed by atoms with E-state index in [2.05, 4.69) is 10.3 Å². The number of aryl methyl sites for hydroxylation is 1. The standard InChI is InChI=1S/C16H21N3O2/c1-10-8-18-15(11(2)16(10)21-4)9-19-14-6-5-12(20-3)7-13(14)17/h5-8,19H,9,17H2,1-4H3. The van der Waals surface area contributed by atoms with Gasteiger partial charge in [-0.3, -0.25) is 4.98 Å². The Balaban J connectivity index is 2.17. The maximum Gasteiger partial charge on any atom is 0.128 e. The fraction of sp³-hybridized carbons (Fsp3) is 0.312. The van der Waals surface area contributed by atoms with Crippen LogP contribution in [0.15, 0.2) is 24.4 Å². The van der Waals surface area contributed by atoms with Crippen molar-refractivity contribution < 1.29 is 9.47 Å². The summed E-state index contributed by atoms with van der Waals surface area (Å²) in [5, 5.41) is 3.29. The van der Waals surface area contributed by atoms with Crippen LogP contribution in [-0.2, 0) is 6.54 Å². The topological polar surface area (TPSA) is 69.4 Å². The molecule has 0 saturated carbocycles. The van der Waals surface area contributed by atoms with Gasteiger partial charge in [0.1, 0.15) is 11.5 Å². The summed E-state index contributed by atoms with van der Waals surface area (Å²) in [6.07, 6.45) is 1.82. The van der Waals surface area contributed by atoms with E-state index in [0.717, 1.165) is 34.0 Å². The van der Waals surface area contributed by atoms with Crippen LogP contribution in [0.1, 0.15) is 16.8 Å². The van der Waals surface area contributed by atoms with E-state index >= 15 is 0 Å². The molecule has 5 heteroatoms. The summed E-state index contributed by atoms with van der Waals surface area (Å²) in [7, 11) is 3.29. The highest BCUT2D eigenvalue weighted by Crippen LogP contribution is 2.27. The van der Waals surface area contributed by atoms with Crippen molar-refractivity contribution in [2.24, 2.45) is 0 Å². The van der Waals surface area contributed by atoms with Gasteiger partial charge in [-0.15, -0.1) is 0 Å². The van der Waals surface area contributed by atoms with E-state index in [1.807, 2.05) is 32.2 Å². The molecule has 0 fully saturated rings. The van der Waals surface area contributed by atoms with Gasteiger partial charge < -0.3 is 20.5 Å². The van der Waals surface area contributed by atoms with E-state index in [0.29, 0.717) is 12.2 Å². The lowest BCUT2D eigenvalue weighted by Gasteiger charge is -2.14. The molecule has 0 atom stereocenters. The Labute approximate surface area is 125 Å². The Hall–Kier alpha value is -2.43. The van der Waals surface area contributed by atoms with Crippen LogP contribution in [0.25, 0.3) is 0 Å². The molecule has 0 aliphatic carbocycles. The summed E-state index contributed by atoms with van der Waals surface area (Å²) in [6.45, 7) is 4.57. The molecule has 1 aromatic heterocycles. The van der Waals surface area contributed by atoms with Gasteiger partial charge in [0.05, 0.1) is 37.8 Å². The lowest BCUT2D eigenvalue weighted by Crippen LogP contribution is -2.07. The van der Waals surface area contributed by atoms with Crippen molar-refractivity contribution in [3.05, 3.63) is 41.2 Å². The highest BCUT2D eigenvalue weighted by atomic mass is 16.5. The number of nitrogen functional groups attached to an aromatic ring is 1. The van der Waals surface area contributed by atoms with Gasteiger partial charge in [-0.25, -0.2) is 0 Å². The third-order valence-corrected chi connectivity index (χ3v) is 3.45. The molecule has 0 radical (unpaired) electrons. The van der Waals surface area contributed by atoms with Gasteiger partial charge in [0.15, 0.2) is 0 Å². The van der Waals surface area contributed by atoms with Crippen molar-refractivity contribution in [1.82, 2.24) is 4.98 Å². The maximum absolute atomic E-state index is 5.99. The quantitative estimate of drug-likeness (QED) is 0.827. The number of benzene rings is 1. The molecule has 0 bridgehead atoms. The number of nitrogens with one attached hydrogen (secondary N) is 1. The lowest BCUT2D eigenvalue weighted by molar-refractivity contribution is 0.407. The summed E-state index contributed by atoms with van der Waals surface area (Å²) in [4.78, 5) is 4.46. The summed E-state index contributed by atoms with van der Waals surface area (Å²) in [6, 6.07) is 5.56. The molecule has 21 heavy (non-hydrogen) atoms. The normalized spacial score (nSPS) is 10.3. The van der Waals surface area contributed by atoms with E-state index in [9.17, 15) is 0 Å². The van der Waals surface area contributed by atoms with Crippen LogP contribution < -0.4 is 20.5 Å². The number of nitrogens with zero attached hydrogens (tertiary/aromatic N) is 1. The van der Waals surface area contributed by atoms with E-state index in [1.54, 1.807) is 20.3 Å². The summed E-state index contributed by atoms with van der Waals surface area (Å²) < 4.78 is 10.6. The predicted molar refractivity (Wildman–Crippen MR) is 85.0 cm³/mol. The fourth-order valence-electron chi connectivity index (χ4n) is 2.26. The zero-order chi connectivity index (χ0) is 15.4. The molecule has 0 aliphatic rings. The zero-order valence-electron chi connectivity index (χ0n) is 12.9. The van der Waals surface area contributed by atoms with E-state index in [-0.39, 0.29) is 0 Å². The Bertz CT molecular complexity index is 642. The summed E-state index contributed by atoms with van der Waals surface area (Å²) in [5.41, 5.74) is 10.5. The van der Waals surface area contributed by atoms with Crippen molar-refractivity contribution in [2.45, 2.75) is 20.4 Å². The molecule has 0 saturated heterocycles. The number of methoxy groups -OCH3 is 2. The van der Waals surface area contributed by atoms with Crippen LogP contribution in [0.3, 0.4) is 0 Å². The first kappa shape index (κ1) is 15.0. The van der Waals surface area contributed by atoms with Crippen LogP contribution in [-0.4, -0.2) is 19.2 Å². The van der Waals surface area contributed by atoms with Crippen molar-refractivity contribution >= 4 is 11.4 Å². The number of anilines is 2. The fourth-order valence-corrected chi connectivity index (χ4v) is 2.26. The second-order valence-corrected chi connectivity index (χ2v) is 4.85. The number of pyridine rings is 1. The highest BCUT2D eigenvalue weighted by molar-refractivity contribution is 5.68. The average Bonchev–Trinajstić information content (AvgIpc) is 2.48. The molecule has 0 amide bonds. The third kappa shape index (κ3) is 3.18. The van der Waals surface area contributed by atoms with Gasteiger partial charge in [0.2, 0.25) is 0 Å². The molecule has 1 aromatic carbocycles. The monoisotopic (exact) mass is 287 g/mol. The molecule has 0 aliphatic heterocycles. The smallest absolute Gasteiger partial charge is 0.128 e. The molecule has 3 N–H and O–H groups in total. The van der Waals surface area contributed by atoms with Crippen molar-refractivity contribution in [2.75, 3.05) is 25.3 Å². The van der Waals surface area contributed by atoms with Crippen molar-refractivity contribution in [1.29, 1.82) is 0 Å². The minimum absolute atomic E-state index is 0.582. The number of nitrogens with two attached hydrogens (primary N) is 1. The second-order valence-electron chi connectivity index (χ2n) is 4.85. The summed E-state index contributed by atoms with van der Waals surface area (Å²) >= 11 is 0. The molecule has 0 unspecified atom stereocenters. The first-order valence-electron chi connectivity index (χ1n) is 6.73. The molecule has 2 rings (SSSR count). The van der Waals surface area contributed by atoms with Crippen LogP contribution >= 0.6 is 0 Å². The van der Waals surface area contributed by atoms with E-state index < -0.39 is 0 Å². The number of hydrogen-bond donors (Lipinski definition) is 2. The second kappa shape index (κ2) is 6.35. The Morgan fingerprint density at radius 3 is 2.57 bits per heavy atom. The van der Waals surface area contributed by atoms with Crippen LogP contribution in [0.4, 0.5) is 11.4 Å². The SMILES string of the molecule is COc1ccc(NCc2ncc(C)c(OC)c2C)c(N)c1. The molecular formula is C16H21N3O2. The molecule has 112 valence electrons. The number of aromatic nitrogens is 1. The highest BCUT2D eigenvalue weighted by Gasteiger charge is 2.10. The van der Waals surface area contributed by atoms with E-state index in [1.165, 1.54) is 0 Å². The molecular weight excluding hydrogens is 266 g/mol. The largest absolute Gasteiger partial charge is 0.497 e. The number of ether oxygens (including phenoxy) is 2.